The minimum Gasteiger partial charge on any atom is -0.461 e. The fourth-order valence-corrected chi connectivity index (χ4v) is 4.64. The molecule has 1 atom stereocenters. The zero-order valence-electron chi connectivity index (χ0n) is 14.0. The number of aliphatic hydroxyl groups excluding tert-OH is 1. The summed E-state index contributed by atoms with van der Waals surface area (Å²) in [6.07, 6.45) is 1.64. The molecular formula is C16H20BrN2O5P. The highest BCUT2D eigenvalue weighted by Gasteiger charge is 2.43. The maximum atomic E-state index is 13.4. The molecule has 1 heterocycles. The Kier molecular flexibility index (Phi) is 6.95. The van der Waals surface area contributed by atoms with Crippen molar-refractivity contribution in [2.45, 2.75) is 20.3 Å². The summed E-state index contributed by atoms with van der Waals surface area (Å²) >= 11 is 3.36. The van der Waals surface area contributed by atoms with Gasteiger partial charge < -0.3 is 14.4 Å². The monoisotopic (exact) mass is 430 g/mol. The van der Waals surface area contributed by atoms with Crippen molar-refractivity contribution >= 4 is 40.4 Å². The molecule has 0 amide bonds. The normalized spacial score (nSPS) is 20.1. The Morgan fingerprint density at radius 2 is 1.96 bits per heavy atom. The van der Waals surface area contributed by atoms with Crippen LogP contribution in [0.4, 0.5) is 5.69 Å². The van der Waals surface area contributed by atoms with Gasteiger partial charge in [0.1, 0.15) is 0 Å². The lowest BCUT2D eigenvalue weighted by molar-refractivity contribution is -0.134. The van der Waals surface area contributed by atoms with Gasteiger partial charge in [-0.3, -0.25) is 4.57 Å². The molecule has 0 aromatic heterocycles. The van der Waals surface area contributed by atoms with Crippen molar-refractivity contribution < 1.29 is 23.7 Å². The number of nitrogens with zero attached hydrogens (tertiary/aromatic N) is 2. The molecule has 1 aromatic rings. The van der Waals surface area contributed by atoms with Gasteiger partial charge in [0.05, 0.1) is 18.9 Å². The summed E-state index contributed by atoms with van der Waals surface area (Å²) in [6, 6.07) is 7.23. The Balaban J connectivity index is 2.54. The molecule has 0 fully saturated rings. The van der Waals surface area contributed by atoms with Gasteiger partial charge in [-0.2, -0.15) is 5.10 Å². The predicted octanol–water partition coefficient (Wildman–Crippen LogP) is 3.68. The number of hydrogen-bond acceptors (Lipinski definition) is 7. The third kappa shape index (κ3) is 4.39. The van der Waals surface area contributed by atoms with Crippen LogP contribution < -0.4 is 5.01 Å². The van der Waals surface area contributed by atoms with E-state index in [0.717, 1.165) is 4.47 Å². The fraction of sp³-hybridized carbons (Fsp3) is 0.375. The summed E-state index contributed by atoms with van der Waals surface area (Å²) in [5.74, 6) is -0.787. The summed E-state index contributed by atoms with van der Waals surface area (Å²) in [6.45, 7) is 3.37. The van der Waals surface area contributed by atoms with Crippen LogP contribution in [0.15, 0.2) is 45.4 Å². The van der Waals surface area contributed by atoms with Crippen molar-refractivity contribution in [2.75, 3.05) is 24.8 Å². The highest BCUT2D eigenvalue weighted by atomic mass is 79.9. The summed E-state index contributed by atoms with van der Waals surface area (Å²) < 4.78 is 24.7. The number of aliphatic hydroxyl groups is 1. The van der Waals surface area contributed by atoms with E-state index in [2.05, 4.69) is 21.0 Å². The van der Waals surface area contributed by atoms with Crippen LogP contribution in [0.1, 0.15) is 20.3 Å². The maximum absolute atomic E-state index is 13.4. The Morgan fingerprint density at radius 3 is 2.52 bits per heavy atom. The number of anilines is 1. The number of rotatable bonds is 7. The highest BCUT2D eigenvalue weighted by Crippen LogP contribution is 2.59. The molecule has 0 saturated heterocycles. The predicted molar refractivity (Wildman–Crippen MR) is 99.7 cm³/mol. The summed E-state index contributed by atoms with van der Waals surface area (Å²) in [5.41, 5.74) is 0.397. The van der Waals surface area contributed by atoms with Gasteiger partial charge in [0.15, 0.2) is 0 Å². The van der Waals surface area contributed by atoms with Gasteiger partial charge in [-0.15, -0.1) is 0 Å². The van der Waals surface area contributed by atoms with E-state index in [1.54, 1.807) is 32.2 Å². The van der Waals surface area contributed by atoms with E-state index >= 15 is 0 Å². The molecule has 7 nitrogen and oxygen atoms in total. The summed E-state index contributed by atoms with van der Waals surface area (Å²) in [4.78, 5) is 12.3. The van der Waals surface area contributed by atoms with E-state index in [0.29, 0.717) is 11.0 Å². The summed E-state index contributed by atoms with van der Waals surface area (Å²) in [5, 5.41) is 15.3. The van der Waals surface area contributed by atoms with Crippen LogP contribution in [-0.2, 0) is 18.6 Å². The van der Waals surface area contributed by atoms with Crippen molar-refractivity contribution in [3.8, 4) is 0 Å². The third-order valence-electron chi connectivity index (χ3n) is 3.36. The number of hydrazone groups is 1. The maximum Gasteiger partial charge on any atom is 0.365 e. The SMILES string of the molecule is CCOC(=O)C1=NN(c2ccc(Br)cc2)C=C(CCO)P1(=O)OCC. The molecule has 25 heavy (non-hydrogen) atoms. The number of ether oxygens (including phenoxy) is 1. The molecule has 1 N–H and O–H groups in total. The first-order valence-electron chi connectivity index (χ1n) is 7.84. The van der Waals surface area contributed by atoms with E-state index < -0.39 is 13.3 Å². The van der Waals surface area contributed by atoms with Crippen LogP contribution in [-0.4, -0.2) is 36.3 Å². The molecule has 1 aliphatic heterocycles. The minimum absolute atomic E-state index is 0.0999. The van der Waals surface area contributed by atoms with Crippen molar-refractivity contribution in [1.82, 2.24) is 0 Å². The molecule has 0 radical (unpaired) electrons. The van der Waals surface area contributed by atoms with Crippen LogP contribution in [0.5, 0.6) is 0 Å². The first-order valence-corrected chi connectivity index (χ1v) is 10.3. The van der Waals surface area contributed by atoms with E-state index in [4.69, 9.17) is 9.26 Å². The second kappa shape index (κ2) is 8.76. The highest BCUT2D eigenvalue weighted by molar-refractivity contribution is 9.10. The van der Waals surface area contributed by atoms with Gasteiger partial charge >= 0.3 is 5.97 Å². The van der Waals surface area contributed by atoms with Gasteiger partial charge in [-0.05, 0) is 38.1 Å². The number of halogens is 1. The molecule has 1 unspecified atom stereocenters. The second-order valence-electron chi connectivity index (χ2n) is 5.03. The molecule has 0 aliphatic carbocycles. The van der Waals surface area contributed by atoms with Crippen molar-refractivity contribution in [2.24, 2.45) is 5.10 Å². The Hall–Kier alpha value is -1.47. The minimum atomic E-state index is -3.68. The van der Waals surface area contributed by atoms with Crippen molar-refractivity contribution in [3.05, 3.63) is 40.3 Å². The van der Waals surface area contributed by atoms with Crippen LogP contribution >= 0.6 is 23.3 Å². The third-order valence-corrected chi connectivity index (χ3v) is 6.43. The van der Waals surface area contributed by atoms with E-state index in [1.807, 2.05) is 12.1 Å². The quantitative estimate of drug-likeness (QED) is 0.524. The van der Waals surface area contributed by atoms with E-state index in [9.17, 15) is 14.5 Å². The van der Waals surface area contributed by atoms with E-state index in [1.165, 1.54) is 5.01 Å². The first kappa shape index (κ1) is 19.8. The van der Waals surface area contributed by atoms with Crippen LogP contribution in [0.3, 0.4) is 0 Å². The molecule has 136 valence electrons. The number of esters is 1. The molecule has 1 aliphatic rings. The molecular weight excluding hydrogens is 411 g/mol. The Labute approximate surface area is 154 Å². The summed E-state index contributed by atoms with van der Waals surface area (Å²) in [7, 11) is -3.68. The Bertz CT molecular complexity index is 733. The van der Waals surface area contributed by atoms with Gasteiger partial charge in [0.2, 0.25) is 5.45 Å². The zero-order valence-corrected chi connectivity index (χ0v) is 16.5. The Morgan fingerprint density at radius 1 is 1.28 bits per heavy atom. The number of carbonyl (C=O) groups is 1. The molecule has 2 rings (SSSR count). The lowest BCUT2D eigenvalue weighted by Gasteiger charge is -2.29. The molecule has 0 bridgehead atoms. The largest absolute Gasteiger partial charge is 0.461 e. The molecule has 0 saturated carbocycles. The molecule has 1 aromatic carbocycles. The smallest absolute Gasteiger partial charge is 0.365 e. The number of carbonyl (C=O) groups excluding carboxylic acids is 1. The fourth-order valence-electron chi connectivity index (χ4n) is 2.28. The zero-order chi connectivity index (χ0) is 18.4. The van der Waals surface area contributed by atoms with Gasteiger partial charge in [-0.1, -0.05) is 15.9 Å². The van der Waals surface area contributed by atoms with E-state index in [-0.39, 0.29) is 31.7 Å². The van der Waals surface area contributed by atoms with Crippen LogP contribution in [0.25, 0.3) is 0 Å². The first-order chi connectivity index (χ1) is 12.0. The second-order valence-corrected chi connectivity index (χ2v) is 8.30. The topological polar surface area (TPSA) is 88.4 Å². The lowest BCUT2D eigenvalue weighted by atomic mass is 10.3. The standard InChI is InChI=1S/C16H20BrN2O5P/c1-3-23-16(21)15-18-19(13-7-5-12(17)6-8-13)11-14(9-10-20)25(15,22)24-4-2/h5-8,11,20H,3-4,9-10H2,1-2H3. The molecule has 9 heteroatoms. The van der Waals surface area contributed by atoms with Gasteiger partial charge in [0, 0.05) is 29.0 Å². The van der Waals surface area contributed by atoms with Crippen LogP contribution in [0.2, 0.25) is 0 Å². The number of hydrogen-bond donors (Lipinski definition) is 1. The van der Waals surface area contributed by atoms with Gasteiger partial charge in [-0.25, -0.2) is 9.80 Å². The average Bonchev–Trinajstić information content (AvgIpc) is 2.58. The average molecular weight is 431 g/mol. The van der Waals surface area contributed by atoms with Crippen LogP contribution in [0, 0.1) is 0 Å². The lowest BCUT2D eigenvalue weighted by Crippen LogP contribution is -2.28. The number of benzene rings is 1. The van der Waals surface area contributed by atoms with Crippen molar-refractivity contribution in [1.29, 1.82) is 0 Å². The van der Waals surface area contributed by atoms with Crippen molar-refractivity contribution in [3.63, 3.8) is 0 Å². The molecule has 0 spiro atoms. The van der Waals surface area contributed by atoms with Gasteiger partial charge in [0.25, 0.3) is 7.37 Å².